The fourth-order valence-corrected chi connectivity index (χ4v) is 2.01. The Hall–Kier alpha value is -0.0951. The highest BCUT2D eigenvalue weighted by molar-refractivity contribution is 5.98. The van der Waals surface area contributed by atoms with E-state index in [2.05, 4.69) is 6.92 Å². The predicted octanol–water partition coefficient (Wildman–Crippen LogP) is 0.109. The molecule has 0 spiro atoms. The van der Waals surface area contributed by atoms with E-state index in [9.17, 15) is 5.11 Å². The molecular weight excluding hydrogens is 181 g/mol. The molecule has 4 nitrogen and oxygen atoms in total. The predicted molar refractivity (Wildman–Crippen MR) is 53.6 cm³/mol. The first kappa shape index (κ1) is 12.0. The molecule has 0 aromatic heterocycles. The highest BCUT2D eigenvalue weighted by Crippen LogP contribution is 2.24. The van der Waals surface area contributed by atoms with Crippen LogP contribution in [-0.4, -0.2) is 50.8 Å². The lowest BCUT2D eigenvalue weighted by molar-refractivity contribution is -0.171. The summed E-state index contributed by atoms with van der Waals surface area (Å²) in [5, 5.41) is 9.46. The normalized spacial score (nSPS) is 30.8. The average Bonchev–Trinajstić information content (AvgIpc) is 2.60. The van der Waals surface area contributed by atoms with Crippen molar-refractivity contribution in [2.45, 2.75) is 32.3 Å². The molecule has 2 radical (unpaired) electrons. The molecule has 1 rings (SSSR count). The van der Waals surface area contributed by atoms with Crippen molar-refractivity contribution in [3.05, 3.63) is 0 Å². The Bertz CT molecular complexity index is 170. The van der Waals surface area contributed by atoms with Crippen LogP contribution >= 0.6 is 0 Å². The number of ether oxygens (including phenoxy) is 1. The SMILES string of the molecule is [B]OC1CN(C(O)OC)CC1CCC. The number of hydrogen-bond donors (Lipinski definition) is 1. The molecule has 0 saturated carbocycles. The molecule has 1 aliphatic rings. The maximum atomic E-state index is 9.46. The van der Waals surface area contributed by atoms with Crippen LogP contribution in [0.15, 0.2) is 0 Å². The zero-order chi connectivity index (χ0) is 10.6. The Labute approximate surface area is 86.6 Å². The third kappa shape index (κ3) is 2.70. The summed E-state index contributed by atoms with van der Waals surface area (Å²) in [4.78, 5) is 1.83. The fourth-order valence-electron chi connectivity index (χ4n) is 2.01. The summed E-state index contributed by atoms with van der Waals surface area (Å²) < 4.78 is 9.73. The van der Waals surface area contributed by atoms with Gasteiger partial charge in [-0.15, -0.1) is 0 Å². The van der Waals surface area contributed by atoms with Gasteiger partial charge in [0.05, 0.1) is 6.10 Å². The highest BCUT2D eigenvalue weighted by Gasteiger charge is 2.34. The molecule has 0 bridgehead atoms. The van der Waals surface area contributed by atoms with Crippen LogP contribution in [0.2, 0.25) is 0 Å². The number of hydrogen-bond acceptors (Lipinski definition) is 4. The fraction of sp³-hybridized carbons (Fsp3) is 1.00. The molecule has 1 aliphatic heterocycles. The van der Waals surface area contributed by atoms with E-state index in [4.69, 9.17) is 17.4 Å². The van der Waals surface area contributed by atoms with Gasteiger partial charge in [-0.2, -0.15) is 0 Å². The summed E-state index contributed by atoms with van der Waals surface area (Å²) in [6.07, 6.45) is 1.34. The third-order valence-electron chi connectivity index (χ3n) is 2.77. The molecule has 1 heterocycles. The number of aliphatic hydroxyl groups excluding tert-OH is 1. The quantitative estimate of drug-likeness (QED) is 0.504. The van der Waals surface area contributed by atoms with Crippen molar-refractivity contribution >= 4 is 8.05 Å². The summed E-state index contributed by atoms with van der Waals surface area (Å²) in [6.45, 7) is 3.55. The van der Waals surface area contributed by atoms with Crippen LogP contribution in [0.25, 0.3) is 0 Å². The van der Waals surface area contributed by atoms with Gasteiger partial charge in [-0.25, -0.2) is 0 Å². The average molecular weight is 199 g/mol. The zero-order valence-corrected chi connectivity index (χ0v) is 8.85. The maximum Gasteiger partial charge on any atom is 0.283 e. The standard InChI is InChI=1S/C9H18BNO3/c1-3-4-7-5-11(9(12)13-2)6-8(7)14-10/h7-9,12H,3-6H2,1-2H3. The number of aliphatic hydroxyl groups is 1. The van der Waals surface area contributed by atoms with Crippen LogP contribution in [0.5, 0.6) is 0 Å². The molecule has 1 saturated heterocycles. The summed E-state index contributed by atoms with van der Waals surface area (Å²) in [7, 11) is 6.69. The van der Waals surface area contributed by atoms with Gasteiger partial charge in [0.1, 0.15) is 0 Å². The van der Waals surface area contributed by atoms with E-state index < -0.39 is 6.41 Å². The van der Waals surface area contributed by atoms with Crippen LogP contribution in [0, 0.1) is 5.92 Å². The van der Waals surface area contributed by atoms with E-state index in [1.165, 1.54) is 7.11 Å². The lowest BCUT2D eigenvalue weighted by Gasteiger charge is -2.20. The molecule has 0 aromatic carbocycles. The smallest absolute Gasteiger partial charge is 0.283 e. The second kappa shape index (κ2) is 5.71. The largest absolute Gasteiger partial charge is 0.443 e. The van der Waals surface area contributed by atoms with Crippen LogP contribution in [0.1, 0.15) is 19.8 Å². The number of likely N-dealkylation sites (tertiary alicyclic amines) is 1. The van der Waals surface area contributed by atoms with Gasteiger partial charge >= 0.3 is 0 Å². The lowest BCUT2D eigenvalue weighted by atomic mass is 10.0. The van der Waals surface area contributed by atoms with Crippen molar-refractivity contribution in [3.8, 4) is 0 Å². The number of rotatable bonds is 5. The summed E-state index contributed by atoms with van der Waals surface area (Å²) in [5.41, 5.74) is 0. The molecule has 0 aliphatic carbocycles. The Morgan fingerprint density at radius 2 is 2.29 bits per heavy atom. The summed E-state index contributed by atoms with van der Waals surface area (Å²) in [5.74, 6) is 0.398. The van der Waals surface area contributed by atoms with Crippen LogP contribution < -0.4 is 0 Å². The third-order valence-corrected chi connectivity index (χ3v) is 2.77. The van der Waals surface area contributed by atoms with Gasteiger partial charge in [0.2, 0.25) is 6.41 Å². The zero-order valence-electron chi connectivity index (χ0n) is 8.85. The Morgan fingerprint density at radius 1 is 1.57 bits per heavy atom. The van der Waals surface area contributed by atoms with Crippen molar-refractivity contribution in [2.75, 3.05) is 20.2 Å². The van der Waals surface area contributed by atoms with E-state index in [-0.39, 0.29) is 6.10 Å². The Balaban J connectivity index is 2.46. The molecule has 0 amide bonds. The van der Waals surface area contributed by atoms with Crippen molar-refractivity contribution in [1.29, 1.82) is 0 Å². The van der Waals surface area contributed by atoms with Gasteiger partial charge in [-0.3, -0.25) is 4.90 Å². The minimum atomic E-state index is -0.838. The summed E-state index contributed by atoms with van der Waals surface area (Å²) in [6, 6.07) is 0. The van der Waals surface area contributed by atoms with Crippen LogP contribution in [0.4, 0.5) is 0 Å². The molecule has 14 heavy (non-hydrogen) atoms. The second-order valence-corrected chi connectivity index (χ2v) is 3.74. The molecule has 3 unspecified atom stereocenters. The summed E-state index contributed by atoms with van der Waals surface area (Å²) >= 11 is 0. The Morgan fingerprint density at radius 3 is 2.79 bits per heavy atom. The molecular formula is C9H18BNO3. The molecule has 0 aromatic rings. The Kier molecular flexibility index (Phi) is 4.88. The highest BCUT2D eigenvalue weighted by atomic mass is 16.6. The van der Waals surface area contributed by atoms with E-state index in [0.717, 1.165) is 19.4 Å². The van der Waals surface area contributed by atoms with Gasteiger partial charge < -0.3 is 14.5 Å². The maximum absolute atomic E-state index is 9.46. The molecule has 3 atom stereocenters. The van der Waals surface area contributed by atoms with Crippen molar-refractivity contribution < 1.29 is 14.5 Å². The van der Waals surface area contributed by atoms with Gasteiger partial charge in [0, 0.05) is 20.2 Å². The number of methoxy groups -OCH3 is 1. The topological polar surface area (TPSA) is 41.9 Å². The monoisotopic (exact) mass is 199 g/mol. The van der Waals surface area contributed by atoms with Gasteiger partial charge in [-0.05, 0) is 12.3 Å². The first-order chi connectivity index (χ1) is 6.72. The van der Waals surface area contributed by atoms with E-state index in [1.54, 1.807) is 0 Å². The molecule has 5 heteroatoms. The van der Waals surface area contributed by atoms with Gasteiger partial charge in [-0.1, -0.05) is 13.3 Å². The van der Waals surface area contributed by atoms with Crippen LogP contribution in [0.3, 0.4) is 0 Å². The molecule has 1 fully saturated rings. The molecule has 80 valence electrons. The van der Waals surface area contributed by atoms with Crippen molar-refractivity contribution in [1.82, 2.24) is 4.90 Å². The van der Waals surface area contributed by atoms with Crippen LogP contribution in [-0.2, 0) is 9.39 Å². The minimum Gasteiger partial charge on any atom is -0.443 e. The minimum absolute atomic E-state index is 0.0137. The second-order valence-electron chi connectivity index (χ2n) is 3.74. The van der Waals surface area contributed by atoms with Crippen molar-refractivity contribution in [2.24, 2.45) is 5.92 Å². The first-order valence-corrected chi connectivity index (χ1v) is 5.03. The first-order valence-electron chi connectivity index (χ1n) is 5.03. The lowest BCUT2D eigenvalue weighted by Crippen LogP contribution is -2.35. The molecule has 1 N–H and O–H groups in total. The van der Waals surface area contributed by atoms with Gasteiger partial charge in [0.25, 0.3) is 8.05 Å². The van der Waals surface area contributed by atoms with Gasteiger partial charge in [0.15, 0.2) is 0 Å². The van der Waals surface area contributed by atoms with E-state index >= 15 is 0 Å². The number of nitrogens with zero attached hydrogens (tertiary/aromatic N) is 1. The van der Waals surface area contributed by atoms with E-state index in [0.29, 0.717) is 12.5 Å². The van der Waals surface area contributed by atoms with Crippen molar-refractivity contribution in [3.63, 3.8) is 0 Å². The van der Waals surface area contributed by atoms with E-state index in [1.807, 2.05) is 4.90 Å².